The topological polar surface area (TPSA) is 113 Å². The molecule has 1 amide bonds. The highest BCUT2D eigenvalue weighted by Crippen LogP contribution is 2.22. The van der Waals surface area contributed by atoms with Crippen LogP contribution >= 0.6 is 0 Å². The second kappa shape index (κ2) is 9.86. The molecular formula is C20H24FN3O5S2. The fourth-order valence-electron chi connectivity index (χ4n) is 3.19. The SMILES string of the molecule is O=C(NCCCNS(=O)(=O)c1ccc(S(=O)(=O)N2CCCC2)cc1)c1ccccc1F. The Morgan fingerprint density at radius 3 is 2.16 bits per heavy atom. The Bertz CT molecular complexity index is 1130. The van der Waals surface area contributed by atoms with Crippen LogP contribution < -0.4 is 10.0 Å². The van der Waals surface area contributed by atoms with Gasteiger partial charge in [0.05, 0.1) is 15.4 Å². The van der Waals surface area contributed by atoms with Gasteiger partial charge in [0.1, 0.15) is 5.82 Å². The summed E-state index contributed by atoms with van der Waals surface area (Å²) in [6.45, 7) is 1.14. The van der Waals surface area contributed by atoms with Gasteiger partial charge in [-0.3, -0.25) is 4.79 Å². The summed E-state index contributed by atoms with van der Waals surface area (Å²) in [6.07, 6.45) is 1.92. The standard InChI is InChI=1S/C20H24FN3O5S2/c21-19-7-2-1-6-18(19)20(25)22-12-5-13-23-30(26,27)16-8-10-17(11-9-16)31(28,29)24-14-3-4-15-24/h1-2,6-11,23H,3-5,12-15H2,(H,22,25). The van der Waals surface area contributed by atoms with Crippen molar-refractivity contribution in [2.24, 2.45) is 0 Å². The summed E-state index contributed by atoms with van der Waals surface area (Å²) < 4.78 is 67.2. The first-order valence-corrected chi connectivity index (χ1v) is 12.8. The van der Waals surface area contributed by atoms with Gasteiger partial charge in [0.2, 0.25) is 20.0 Å². The van der Waals surface area contributed by atoms with Gasteiger partial charge in [0, 0.05) is 26.2 Å². The van der Waals surface area contributed by atoms with Gasteiger partial charge < -0.3 is 5.32 Å². The fraction of sp³-hybridized carbons (Fsp3) is 0.350. The van der Waals surface area contributed by atoms with Gasteiger partial charge in [-0.05, 0) is 55.7 Å². The third-order valence-electron chi connectivity index (χ3n) is 4.89. The average molecular weight is 470 g/mol. The number of halogens is 1. The number of benzene rings is 2. The van der Waals surface area contributed by atoms with E-state index in [0.717, 1.165) is 12.8 Å². The first kappa shape index (κ1) is 23.3. The first-order valence-electron chi connectivity index (χ1n) is 9.84. The Morgan fingerprint density at radius 2 is 1.52 bits per heavy atom. The van der Waals surface area contributed by atoms with E-state index in [0.29, 0.717) is 19.5 Å². The van der Waals surface area contributed by atoms with Crippen molar-refractivity contribution in [1.29, 1.82) is 0 Å². The first-order chi connectivity index (χ1) is 14.7. The van der Waals surface area contributed by atoms with Gasteiger partial charge in [0.15, 0.2) is 0 Å². The van der Waals surface area contributed by atoms with Crippen molar-refractivity contribution in [1.82, 2.24) is 14.3 Å². The third-order valence-corrected chi connectivity index (χ3v) is 8.28. The van der Waals surface area contributed by atoms with Crippen LogP contribution in [0.15, 0.2) is 58.3 Å². The zero-order valence-electron chi connectivity index (χ0n) is 16.8. The van der Waals surface area contributed by atoms with E-state index in [1.165, 1.54) is 46.8 Å². The smallest absolute Gasteiger partial charge is 0.254 e. The molecule has 1 aliphatic rings. The van der Waals surface area contributed by atoms with Crippen LogP contribution in [0.1, 0.15) is 29.6 Å². The molecule has 0 bridgehead atoms. The maximum Gasteiger partial charge on any atom is 0.254 e. The molecular weight excluding hydrogens is 445 g/mol. The number of hydrogen-bond acceptors (Lipinski definition) is 5. The van der Waals surface area contributed by atoms with Crippen LogP contribution in [0.4, 0.5) is 4.39 Å². The van der Waals surface area contributed by atoms with Crippen molar-refractivity contribution in [3.63, 3.8) is 0 Å². The molecule has 8 nitrogen and oxygen atoms in total. The minimum Gasteiger partial charge on any atom is -0.352 e. The molecule has 2 aromatic carbocycles. The van der Waals surface area contributed by atoms with Crippen molar-refractivity contribution in [2.45, 2.75) is 29.1 Å². The Hall–Kier alpha value is -2.34. The second-order valence-corrected chi connectivity index (χ2v) is 10.8. The molecule has 168 valence electrons. The lowest BCUT2D eigenvalue weighted by Crippen LogP contribution is -2.30. The zero-order chi connectivity index (χ0) is 22.5. The Labute approximate surface area is 181 Å². The summed E-state index contributed by atoms with van der Waals surface area (Å²) >= 11 is 0. The number of rotatable bonds is 9. The van der Waals surface area contributed by atoms with E-state index in [4.69, 9.17) is 0 Å². The minimum absolute atomic E-state index is 0.0493. The van der Waals surface area contributed by atoms with Gasteiger partial charge in [0.25, 0.3) is 5.91 Å². The highest BCUT2D eigenvalue weighted by atomic mass is 32.2. The maximum absolute atomic E-state index is 13.6. The molecule has 11 heteroatoms. The van der Waals surface area contributed by atoms with Gasteiger partial charge in [-0.25, -0.2) is 25.9 Å². The van der Waals surface area contributed by atoms with Gasteiger partial charge in [-0.15, -0.1) is 0 Å². The van der Waals surface area contributed by atoms with Gasteiger partial charge in [-0.2, -0.15) is 4.31 Å². The van der Waals surface area contributed by atoms with E-state index in [-0.39, 0.29) is 28.4 Å². The normalized spacial score (nSPS) is 15.1. The predicted molar refractivity (Wildman–Crippen MR) is 113 cm³/mol. The Kier molecular flexibility index (Phi) is 7.42. The van der Waals surface area contributed by atoms with Crippen LogP contribution in [0.5, 0.6) is 0 Å². The number of carbonyl (C=O) groups excluding carboxylic acids is 1. The molecule has 1 fully saturated rings. The van der Waals surface area contributed by atoms with E-state index in [1.807, 2.05) is 0 Å². The van der Waals surface area contributed by atoms with E-state index < -0.39 is 31.8 Å². The average Bonchev–Trinajstić information content (AvgIpc) is 3.29. The maximum atomic E-state index is 13.6. The molecule has 0 atom stereocenters. The molecule has 0 spiro atoms. The highest BCUT2D eigenvalue weighted by Gasteiger charge is 2.27. The van der Waals surface area contributed by atoms with Crippen LogP contribution in [0, 0.1) is 5.82 Å². The molecule has 3 rings (SSSR count). The van der Waals surface area contributed by atoms with E-state index in [1.54, 1.807) is 6.07 Å². The van der Waals surface area contributed by atoms with Gasteiger partial charge >= 0.3 is 0 Å². The molecule has 31 heavy (non-hydrogen) atoms. The molecule has 0 aromatic heterocycles. The molecule has 0 unspecified atom stereocenters. The summed E-state index contributed by atoms with van der Waals surface area (Å²) in [4.78, 5) is 11.9. The molecule has 2 aromatic rings. The largest absolute Gasteiger partial charge is 0.352 e. The third kappa shape index (κ3) is 5.67. The number of nitrogens with one attached hydrogen (secondary N) is 2. The summed E-state index contributed by atoms with van der Waals surface area (Å²) in [5.41, 5.74) is -0.0768. The molecule has 1 aliphatic heterocycles. The Balaban J connectivity index is 1.50. The van der Waals surface area contributed by atoms with Crippen LogP contribution in [0.2, 0.25) is 0 Å². The summed E-state index contributed by atoms with van der Waals surface area (Å²) in [7, 11) is -7.44. The highest BCUT2D eigenvalue weighted by molar-refractivity contribution is 7.89. The second-order valence-electron chi connectivity index (χ2n) is 7.07. The molecule has 0 aliphatic carbocycles. The fourth-order valence-corrected chi connectivity index (χ4v) is 5.78. The lowest BCUT2D eigenvalue weighted by molar-refractivity contribution is 0.0949. The van der Waals surface area contributed by atoms with Crippen LogP contribution in [-0.2, 0) is 20.0 Å². The van der Waals surface area contributed by atoms with Gasteiger partial charge in [-0.1, -0.05) is 12.1 Å². The molecule has 2 N–H and O–H groups in total. The van der Waals surface area contributed by atoms with Crippen molar-refractivity contribution in [2.75, 3.05) is 26.2 Å². The number of hydrogen-bond donors (Lipinski definition) is 2. The van der Waals surface area contributed by atoms with Crippen LogP contribution in [0.25, 0.3) is 0 Å². The predicted octanol–water partition coefficient (Wildman–Crippen LogP) is 1.71. The number of nitrogens with zero attached hydrogens (tertiary/aromatic N) is 1. The molecule has 1 heterocycles. The molecule has 1 saturated heterocycles. The molecule has 0 radical (unpaired) electrons. The van der Waals surface area contributed by atoms with Crippen molar-refractivity contribution in [3.05, 3.63) is 59.9 Å². The summed E-state index contributed by atoms with van der Waals surface area (Å²) in [6, 6.07) is 10.7. The quantitative estimate of drug-likeness (QED) is 0.543. The van der Waals surface area contributed by atoms with E-state index in [9.17, 15) is 26.0 Å². The minimum atomic E-state index is -3.83. The Morgan fingerprint density at radius 1 is 0.903 bits per heavy atom. The zero-order valence-corrected chi connectivity index (χ0v) is 18.4. The number of amides is 1. The van der Waals surface area contributed by atoms with E-state index in [2.05, 4.69) is 10.0 Å². The number of carbonyl (C=O) groups is 1. The lowest BCUT2D eigenvalue weighted by atomic mass is 10.2. The monoisotopic (exact) mass is 469 g/mol. The van der Waals surface area contributed by atoms with Crippen molar-refractivity contribution < 1.29 is 26.0 Å². The van der Waals surface area contributed by atoms with E-state index >= 15 is 0 Å². The summed E-state index contributed by atoms with van der Waals surface area (Å²) in [5.74, 6) is -1.20. The summed E-state index contributed by atoms with van der Waals surface area (Å²) in [5, 5.41) is 2.53. The van der Waals surface area contributed by atoms with Crippen molar-refractivity contribution in [3.8, 4) is 0 Å². The van der Waals surface area contributed by atoms with Crippen LogP contribution in [0.3, 0.4) is 0 Å². The van der Waals surface area contributed by atoms with Crippen molar-refractivity contribution >= 4 is 26.0 Å². The number of sulfonamides is 2. The molecule has 0 saturated carbocycles. The van der Waals surface area contributed by atoms with Crippen LogP contribution in [-0.4, -0.2) is 53.2 Å². The lowest BCUT2D eigenvalue weighted by Gasteiger charge is -2.15.